The summed E-state index contributed by atoms with van der Waals surface area (Å²) in [5.41, 5.74) is -0.604. The van der Waals surface area contributed by atoms with Crippen LogP contribution in [0.4, 0.5) is 24.5 Å². The molecule has 0 saturated heterocycles. The number of rotatable bonds is 7. The number of hydrogen-bond donors (Lipinski definition) is 1. The number of methoxy groups -OCH3 is 1. The molecule has 6 nitrogen and oxygen atoms in total. The lowest BCUT2D eigenvalue weighted by molar-refractivity contribution is -0.137. The van der Waals surface area contributed by atoms with E-state index in [1.165, 1.54) is 37.4 Å². The second-order valence-electron chi connectivity index (χ2n) is 7.24. The van der Waals surface area contributed by atoms with Gasteiger partial charge in [0.1, 0.15) is 17.2 Å². The molecular weight excluding hydrogens is 493 g/mol. The van der Waals surface area contributed by atoms with Crippen molar-refractivity contribution in [3.63, 3.8) is 0 Å². The molecule has 3 aromatic carbocycles. The van der Waals surface area contributed by atoms with Gasteiger partial charge in [0.25, 0.3) is 10.0 Å². The number of halogens is 4. The van der Waals surface area contributed by atoms with Crippen LogP contribution in [-0.2, 0) is 21.0 Å². The van der Waals surface area contributed by atoms with Crippen molar-refractivity contribution in [1.82, 2.24) is 0 Å². The van der Waals surface area contributed by atoms with E-state index in [9.17, 15) is 26.4 Å². The number of nitrogens with one attached hydrogen (secondary N) is 1. The summed E-state index contributed by atoms with van der Waals surface area (Å²) in [6.07, 6.45) is -4.72. The van der Waals surface area contributed by atoms with Crippen LogP contribution in [0.25, 0.3) is 0 Å². The van der Waals surface area contributed by atoms with Crippen LogP contribution in [0.2, 0.25) is 5.02 Å². The highest BCUT2D eigenvalue weighted by Crippen LogP contribution is 2.35. The van der Waals surface area contributed by atoms with Crippen LogP contribution in [0.15, 0.2) is 71.6 Å². The van der Waals surface area contributed by atoms with E-state index in [0.29, 0.717) is 15.9 Å². The van der Waals surface area contributed by atoms with Gasteiger partial charge in [-0.15, -0.1) is 0 Å². The molecule has 0 atom stereocenters. The summed E-state index contributed by atoms with van der Waals surface area (Å²) in [5, 5.41) is 2.70. The Kier molecular flexibility index (Phi) is 7.42. The van der Waals surface area contributed by atoms with Gasteiger partial charge in [0.2, 0.25) is 5.91 Å². The van der Waals surface area contributed by atoms with Gasteiger partial charge in [-0.1, -0.05) is 35.9 Å². The molecule has 3 rings (SSSR count). The number of nitrogens with zero attached hydrogens (tertiary/aromatic N) is 1. The van der Waals surface area contributed by atoms with E-state index in [1.807, 2.05) is 0 Å². The van der Waals surface area contributed by atoms with Gasteiger partial charge >= 0.3 is 6.18 Å². The van der Waals surface area contributed by atoms with E-state index in [1.54, 1.807) is 25.1 Å². The molecule has 0 aliphatic heterocycles. The van der Waals surface area contributed by atoms with Crippen molar-refractivity contribution in [2.75, 3.05) is 23.3 Å². The van der Waals surface area contributed by atoms with Gasteiger partial charge < -0.3 is 10.1 Å². The highest BCUT2D eigenvalue weighted by molar-refractivity contribution is 7.93. The summed E-state index contributed by atoms with van der Waals surface area (Å²) in [7, 11) is -3.27. The zero-order chi connectivity index (χ0) is 25.1. The van der Waals surface area contributed by atoms with Crippen LogP contribution in [-0.4, -0.2) is 28.0 Å². The van der Waals surface area contributed by atoms with Gasteiger partial charge in [-0.2, -0.15) is 13.2 Å². The SMILES string of the molecule is COc1ccc(C)cc1S(=O)(=O)N(CC(=O)Nc1ccccc1Cl)c1cccc(C(F)(F)F)c1. The molecule has 34 heavy (non-hydrogen) atoms. The molecule has 0 spiro atoms. The second kappa shape index (κ2) is 9.94. The Balaban J connectivity index is 2.10. The van der Waals surface area contributed by atoms with Crippen molar-refractivity contribution >= 4 is 38.9 Å². The fraction of sp³-hybridized carbons (Fsp3) is 0.174. The predicted molar refractivity (Wildman–Crippen MR) is 124 cm³/mol. The van der Waals surface area contributed by atoms with Gasteiger partial charge in [0, 0.05) is 0 Å². The third-order valence-corrected chi connectivity index (χ3v) is 6.91. The Morgan fingerprint density at radius 2 is 1.76 bits per heavy atom. The molecule has 0 heterocycles. The fourth-order valence-electron chi connectivity index (χ4n) is 3.14. The summed E-state index contributed by atoms with van der Waals surface area (Å²) in [6, 6.07) is 14.4. The van der Waals surface area contributed by atoms with Gasteiger partial charge in [-0.3, -0.25) is 9.10 Å². The number of anilines is 2. The lowest BCUT2D eigenvalue weighted by Gasteiger charge is -2.26. The molecule has 0 unspecified atom stereocenters. The number of para-hydroxylation sites is 1. The van der Waals surface area contributed by atoms with Gasteiger partial charge in [0.15, 0.2) is 0 Å². The zero-order valence-corrected chi connectivity index (χ0v) is 19.6. The number of alkyl halides is 3. The molecule has 0 aliphatic rings. The summed E-state index contributed by atoms with van der Waals surface area (Å²) < 4.78 is 73.0. The summed E-state index contributed by atoms with van der Waals surface area (Å²) in [6.45, 7) is 0.836. The lowest BCUT2D eigenvalue weighted by Crippen LogP contribution is -2.38. The number of amides is 1. The Labute approximate surface area is 200 Å². The fourth-order valence-corrected chi connectivity index (χ4v) is 4.98. The maximum atomic E-state index is 13.6. The highest BCUT2D eigenvalue weighted by Gasteiger charge is 2.34. The van der Waals surface area contributed by atoms with E-state index in [2.05, 4.69) is 5.32 Å². The number of benzene rings is 3. The molecule has 3 aromatic rings. The molecule has 0 fully saturated rings. The Hall–Kier alpha value is -3.24. The van der Waals surface area contributed by atoms with Gasteiger partial charge in [0.05, 0.1) is 29.1 Å². The highest BCUT2D eigenvalue weighted by atomic mass is 35.5. The minimum atomic E-state index is -4.72. The lowest BCUT2D eigenvalue weighted by atomic mass is 10.2. The summed E-state index contributed by atoms with van der Waals surface area (Å²) >= 11 is 6.05. The van der Waals surface area contributed by atoms with Crippen LogP contribution in [0.5, 0.6) is 5.75 Å². The topological polar surface area (TPSA) is 75.7 Å². The van der Waals surface area contributed by atoms with E-state index in [0.717, 1.165) is 12.1 Å². The average Bonchev–Trinajstić information content (AvgIpc) is 2.78. The third kappa shape index (κ3) is 5.63. The van der Waals surface area contributed by atoms with Crippen molar-refractivity contribution in [2.45, 2.75) is 18.0 Å². The van der Waals surface area contributed by atoms with Crippen molar-refractivity contribution in [1.29, 1.82) is 0 Å². The van der Waals surface area contributed by atoms with E-state index in [-0.39, 0.29) is 27.0 Å². The van der Waals surface area contributed by atoms with Crippen LogP contribution < -0.4 is 14.4 Å². The molecule has 1 amide bonds. The molecule has 1 N–H and O–H groups in total. The minimum absolute atomic E-state index is 0.0194. The van der Waals surface area contributed by atoms with Crippen LogP contribution in [0, 0.1) is 6.92 Å². The van der Waals surface area contributed by atoms with Gasteiger partial charge in [-0.05, 0) is 55.0 Å². The Bertz CT molecular complexity index is 1310. The van der Waals surface area contributed by atoms with Crippen molar-refractivity contribution < 1.29 is 31.1 Å². The standard InChI is InChI=1S/C23H20ClF3N2O4S/c1-15-10-11-20(33-2)21(12-15)34(31,32)29(17-7-5-6-16(13-17)23(25,26)27)14-22(30)28-19-9-4-3-8-18(19)24/h3-13H,14H2,1-2H3,(H,28,30). The van der Waals surface area contributed by atoms with E-state index in [4.69, 9.17) is 16.3 Å². The smallest absolute Gasteiger partial charge is 0.416 e. The van der Waals surface area contributed by atoms with Crippen molar-refractivity contribution in [3.05, 3.63) is 82.9 Å². The van der Waals surface area contributed by atoms with Crippen LogP contribution >= 0.6 is 11.6 Å². The van der Waals surface area contributed by atoms with E-state index >= 15 is 0 Å². The maximum Gasteiger partial charge on any atom is 0.416 e. The molecule has 0 aliphatic carbocycles. The molecule has 180 valence electrons. The first-order chi connectivity index (χ1) is 15.9. The number of carbonyl (C=O) groups is 1. The van der Waals surface area contributed by atoms with Crippen molar-refractivity contribution in [2.24, 2.45) is 0 Å². The number of ether oxygens (including phenoxy) is 1. The quantitative estimate of drug-likeness (QED) is 0.453. The number of aryl methyl sites for hydroxylation is 1. The van der Waals surface area contributed by atoms with Crippen LogP contribution in [0.3, 0.4) is 0 Å². The zero-order valence-electron chi connectivity index (χ0n) is 18.1. The van der Waals surface area contributed by atoms with Crippen molar-refractivity contribution in [3.8, 4) is 5.75 Å². The minimum Gasteiger partial charge on any atom is -0.495 e. The van der Waals surface area contributed by atoms with E-state index < -0.39 is 34.2 Å². The normalized spacial score (nSPS) is 11.7. The predicted octanol–water partition coefficient (Wildman–Crippen LogP) is 5.51. The first-order valence-electron chi connectivity index (χ1n) is 9.82. The molecule has 0 aromatic heterocycles. The van der Waals surface area contributed by atoms with Gasteiger partial charge in [-0.25, -0.2) is 8.42 Å². The number of carbonyl (C=O) groups excluding carboxylic acids is 1. The average molecular weight is 513 g/mol. The largest absolute Gasteiger partial charge is 0.495 e. The first kappa shape index (κ1) is 25.4. The number of sulfonamides is 1. The molecular formula is C23H20ClF3N2O4S. The monoisotopic (exact) mass is 512 g/mol. The summed E-state index contributed by atoms with van der Waals surface area (Å²) in [4.78, 5) is 12.5. The molecule has 0 saturated carbocycles. The Morgan fingerprint density at radius 1 is 1.06 bits per heavy atom. The maximum absolute atomic E-state index is 13.6. The third-order valence-electron chi connectivity index (χ3n) is 4.78. The van der Waals surface area contributed by atoms with Crippen LogP contribution in [0.1, 0.15) is 11.1 Å². The first-order valence-corrected chi connectivity index (χ1v) is 11.6. The molecule has 0 bridgehead atoms. The molecule has 11 heteroatoms. The second-order valence-corrected chi connectivity index (χ2v) is 9.48. The number of hydrogen-bond acceptors (Lipinski definition) is 4. The Morgan fingerprint density at radius 3 is 2.41 bits per heavy atom. The molecule has 0 radical (unpaired) electrons. The summed E-state index contributed by atoms with van der Waals surface area (Å²) in [5.74, 6) is -0.824.